The molecule has 0 aliphatic carbocycles. The minimum atomic E-state index is 0.138. The molecule has 0 aromatic carbocycles. The molecular formula is C28H45N3O2. The first-order valence-corrected chi connectivity index (χ1v) is 13.2. The highest BCUT2D eigenvalue weighted by atomic mass is 16.7. The molecule has 5 heteroatoms. The quantitative estimate of drug-likeness (QED) is 0.182. The Morgan fingerprint density at radius 2 is 1.67 bits per heavy atom. The van der Waals surface area contributed by atoms with Gasteiger partial charge in [-0.25, -0.2) is 0 Å². The molecule has 1 N–H and O–H groups in total. The second kappa shape index (κ2) is 18.5. The van der Waals surface area contributed by atoms with Crippen LogP contribution in [0.25, 0.3) is 0 Å². The number of nitrogens with zero attached hydrogens (tertiary/aromatic N) is 2. The van der Waals surface area contributed by atoms with Crippen LogP contribution in [0, 0.1) is 11.8 Å². The van der Waals surface area contributed by atoms with Crippen LogP contribution in [0.5, 0.6) is 0 Å². The molecule has 1 unspecified atom stereocenters. The summed E-state index contributed by atoms with van der Waals surface area (Å²) in [6, 6.07) is 4.43. The van der Waals surface area contributed by atoms with Crippen LogP contribution in [0.4, 0.5) is 0 Å². The molecule has 0 bridgehead atoms. The van der Waals surface area contributed by atoms with Gasteiger partial charge in [-0.05, 0) is 50.2 Å². The van der Waals surface area contributed by atoms with E-state index in [4.69, 9.17) is 4.84 Å². The average Bonchev–Trinajstić information content (AvgIpc) is 2.84. The van der Waals surface area contributed by atoms with Gasteiger partial charge in [0.2, 0.25) is 5.91 Å². The van der Waals surface area contributed by atoms with Crippen LogP contribution in [0.1, 0.15) is 102 Å². The predicted octanol–water partition coefficient (Wildman–Crippen LogP) is 5.84. The lowest BCUT2D eigenvalue weighted by molar-refractivity contribution is -0.171. The molecule has 1 aliphatic heterocycles. The van der Waals surface area contributed by atoms with E-state index in [-0.39, 0.29) is 11.9 Å². The van der Waals surface area contributed by atoms with Gasteiger partial charge in [0.25, 0.3) is 0 Å². The SMILES string of the molecule is CON(CCCCCCC#CCCCCCCCCCc1cccnc1)C1CCNC(=O)C1. The van der Waals surface area contributed by atoms with Crippen molar-refractivity contribution in [1.29, 1.82) is 0 Å². The van der Waals surface area contributed by atoms with Gasteiger partial charge in [0, 0.05) is 50.8 Å². The van der Waals surface area contributed by atoms with Crippen molar-refractivity contribution in [1.82, 2.24) is 15.4 Å². The maximum absolute atomic E-state index is 11.6. The molecule has 184 valence electrons. The van der Waals surface area contributed by atoms with E-state index in [1.807, 2.05) is 23.5 Å². The summed E-state index contributed by atoms with van der Waals surface area (Å²) in [5.74, 6) is 6.85. The summed E-state index contributed by atoms with van der Waals surface area (Å²) in [5, 5.41) is 4.88. The number of hydrogen-bond acceptors (Lipinski definition) is 4. The topological polar surface area (TPSA) is 54.5 Å². The van der Waals surface area contributed by atoms with E-state index in [2.05, 4.69) is 28.2 Å². The molecule has 0 radical (unpaired) electrons. The number of piperidine rings is 1. The largest absolute Gasteiger partial charge is 0.356 e. The summed E-state index contributed by atoms with van der Waals surface area (Å²) in [4.78, 5) is 21.2. The van der Waals surface area contributed by atoms with Gasteiger partial charge in [0.15, 0.2) is 0 Å². The first kappa shape index (κ1) is 27.3. The summed E-state index contributed by atoms with van der Waals surface area (Å²) >= 11 is 0. The summed E-state index contributed by atoms with van der Waals surface area (Å²) < 4.78 is 0. The second-order valence-corrected chi connectivity index (χ2v) is 9.17. The van der Waals surface area contributed by atoms with Crippen molar-refractivity contribution in [3.05, 3.63) is 30.1 Å². The molecule has 1 aliphatic rings. The number of hydrogen-bond donors (Lipinski definition) is 1. The minimum Gasteiger partial charge on any atom is -0.356 e. The van der Waals surface area contributed by atoms with Gasteiger partial charge in [-0.3, -0.25) is 9.78 Å². The summed E-state index contributed by atoms with van der Waals surface area (Å²) in [7, 11) is 1.72. The number of pyridine rings is 1. The predicted molar refractivity (Wildman–Crippen MR) is 135 cm³/mol. The molecule has 1 saturated heterocycles. The van der Waals surface area contributed by atoms with Crippen molar-refractivity contribution in [3.63, 3.8) is 0 Å². The fourth-order valence-electron chi connectivity index (χ4n) is 4.42. The molecule has 1 aromatic heterocycles. The van der Waals surface area contributed by atoms with Crippen molar-refractivity contribution in [2.24, 2.45) is 0 Å². The highest BCUT2D eigenvalue weighted by molar-refractivity contribution is 5.77. The van der Waals surface area contributed by atoms with Gasteiger partial charge in [0.05, 0.1) is 7.11 Å². The molecule has 5 nitrogen and oxygen atoms in total. The highest BCUT2D eigenvalue weighted by Gasteiger charge is 2.24. The Hall–Kier alpha value is -1.90. The molecule has 2 rings (SSSR count). The number of aromatic nitrogens is 1. The third-order valence-corrected chi connectivity index (χ3v) is 6.41. The van der Waals surface area contributed by atoms with Gasteiger partial charge < -0.3 is 10.2 Å². The van der Waals surface area contributed by atoms with Crippen LogP contribution >= 0.6 is 0 Å². The van der Waals surface area contributed by atoms with Gasteiger partial charge >= 0.3 is 0 Å². The number of aryl methyl sites for hydroxylation is 1. The van der Waals surface area contributed by atoms with E-state index >= 15 is 0 Å². The van der Waals surface area contributed by atoms with Crippen molar-refractivity contribution in [3.8, 4) is 11.8 Å². The second-order valence-electron chi connectivity index (χ2n) is 9.17. The molecular weight excluding hydrogens is 410 g/mol. The van der Waals surface area contributed by atoms with Crippen molar-refractivity contribution >= 4 is 5.91 Å². The van der Waals surface area contributed by atoms with E-state index in [9.17, 15) is 4.79 Å². The van der Waals surface area contributed by atoms with Gasteiger partial charge in [-0.1, -0.05) is 51.0 Å². The molecule has 2 heterocycles. The maximum Gasteiger partial charge on any atom is 0.221 e. The van der Waals surface area contributed by atoms with Crippen molar-refractivity contribution < 1.29 is 9.63 Å². The standard InChI is InChI=1S/C28H45N3O2/c1-33-31(27-20-22-30-28(32)24-27)23-16-14-12-10-8-6-4-2-3-5-7-9-11-13-15-18-26-19-17-21-29-25-26/h17,19,21,25,27H,2-3,5,7-16,18,20,22-24H2,1H3,(H,30,32). The normalized spacial score (nSPS) is 15.8. The zero-order valence-corrected chi connectivity index (χ0v) is 20.8. The zero-order valence-electron chi connectivity index (χ0n) is 20.8. The minimum absolute atomic E-state index is 0.138. The fraction of sp³-hybridized carbons (Fsp3) is 0.714. The van der Waals surface area contributed by atoms with Crippen LogP contribution in [0.2, 0.25) is 0 Å². The van der Waals surface area contributed by atoms with Crippen LogP contribution in [-0.2, 0) is 16.1 Å². The summed E-state index contributed by atoms with van der Waals surface area (Å²) in [6.07, 6.45) is 22.5. The van der Waals surface area contributed by atoms with Crippen LogP contribution < -0.4 is 5.32 Å². The number of carbonyl (C=O) groups is 1. The van der Waals surface area contributed by atoms with E-state index in [0.717, 1.165) is 45.2 Å². The Morgan fingerprint density at radius 1 is 1.00 bits per heavy atom. The van der Waals surface area contributed by atoms with Crippen molar-refractivity contribution in [2.75, 3.05) is 20.2 Å². The highest BCUT2D eigenvalue weighted by Crippen LogP contribution is 2.14. The smallest absolute Gasteiger partial charge is 0.221 e. The Kier molecular flexibility index (Phi) is 15.3. The Bertz CT molecular complexity index is 683. The number of rotatable bonds is 17. The van der Waals surface area contributed by atoms with Crippen molar-refractivity contribution in [2.45, 2.75) is 109 Å². The van der Waals surface area contributed by atoms with Crippen LogP contribution in [0.15, 0.2) is 24.5 Å². The monoisotopic (exact) mass is 455 g/mol. The van der Waals surface area contributed by atoms with E-state index in [1.54, 1.807) is 7.11 Å². The number of nitrogens with one attached hydrogen (secondary N) is 1. The van der Waals surface area contributed by atoms with E-state index in [1.165, 1.54) is 69.8 Å². The summed E-state index contributed by atoms with van der Waals surface area (Å²) in [5.41, 5.74) is 1.36. The zero-order chi connectivity index (χ0) is 23.4. The van der Waals surface area contributed by atoms with E-state index < -0.39 is 0 Å². The lowest BCUT2D eigenvalue weighted by Gasteiger charge is -2.31. The fourth-order valence-corrected chi connectivity index (χ4v) is 4.42. The molecule has 0 saturated carbocycles. The Morgan fingerprint density at radius 3 is 2.30 bits per heavy atom. The number of carbonyl (C=O) groups excluding carboxylic acids is 1. The first-order valence-electron chi connectivity index (χ1n) is 13.2. The van der Waals surface area contributed by atoms with Crippen LogP contribution in [0.3, 0.4) is 0 Å². The first-order chi connectivity index (χ1) is 16.3. The maximum atomic E-state index is 11.6. The van der Waals surface area contributed by atoms with E-state index in [0.29, 0.717) is 6.42 Å². The molecule has 0 spiro atoms. The number of amides is 1. The number of hydroxylamine groups is 2. The lowest BCUT2D eigenvalue weighted by Crippen LogP contribution is -2.45. The molecule has 1 amide bonds. The Labute approximate surface area is 202 Å². The molecule has 1 aromatic rings. The van der Waals surface area contributed by atoms with Gasteiger partial charge in [0.1, 0.15) is 0 Å². The van der Waals surface area contributed by atoms with Crippen LogP contribution in [-0.4, -0.2) is 42.2 Å². The van der Waals surface area contributed by atoms with Gasteiger partial charge in [-0.15, -0.1) is 11.8 Å². The molecule has 33 heavy (non-hydrogen) atoms. The lowest BCUT2D eigenvalue weighted by atomic mass is 10.0. The Balaban J connectivity index is 1.33. The molecule has 1 atom stereocenters. The number of unbranched alkanes of at least 4 members (excludes halogenated alkanes) is 11. The third-order valence-electron chi connectivity index (χ3n) is 6.41. The van der Waals surface area contributed by atoms with Gasteiger partial charge in [-0.2, -0.15) is 5.06 Å². The third kappa shape index (κ3) is 13.4. The average molecular weight is 456 g/mol. The summed E-state index contributed by atoms with van der Waals surface area (Å²) in [6.45, 7) is 1.67. The molecule has 1 fully saturated rings.